The zero-order valence-electron chi connectivity index (χ0n) is 8.47. The van der Waals surface area contributed by atoms with Gasteiger partial charge in [0.15, 0.2) is 0 Å². The molecule has 0 saturated carbocycles. The van der Waals surface area contributed by atoms with Crippen LogP contribution in [0.25, 0.3) is 0 Å². The van der Waals surface area contributed by atoms with E-state index in [-0.39, 0.29) is 22.8 Å². The van der Waals surface area contributed by atoms with E-state index >= 15 is 0 Å². The van der Waals surface area contributed by atoms with Gasteiger partial charge in [0, 0.05) is 11.6 Å². The molecule has 88 valence electrons. The van der Waals surface area contributed by atoms with Gasteiger partial charge in [-0.25, -0.2) is 13.1 Å². The largest absolute Gasteiger partial charge is 0.508 e. The molecule has 1 amide bonds. The van der Waals surface area contributed by atoms with E-state index < -0.39 is 15.9 Å². The van der Waals surface area contributed by atoms with Crippen LogP contribution in [0.2, 0.25) is 0 Å². The van der Waals surface area contributed by atoms with Crippen molar-refractivity contribution in [3.63, 3.8) is 0 Å². The Hall–Kier alpha value is -1.76. The number of hydrogen-bond acceptors (Lipinski definition) is 5. The molecule has 0 aliphatic carbocycles. The van der Waals surface area contributed by atoms with Gasteiger partial charge in [-0.1, -0.05) is 0 Å². The van der Waals surface area contributed by atoms with Crippen LogP contribution in [0.1, 0.15) is 17.3 Å². The van der Waals surface area contributed by atoms with Crippen LogP contribution in [0.15, 0.2) is 18.2 Å². The third-order valence-electron chi connectivity index (χ3n) is 1.79. The van der Waals surface area contributed by atoms with Crippen molar-refractivity contribution in [2.24, 2.45) is 0 Å². The number of carbonyl (C=O) groups is 1. The number of sulfonamides is 1. The molecule has 0 radical (unpaired) electrons. The average molecular weight is 245 g/mol. The van der Waals surface area contributed by atoms with Crippen molar-refractivity contribution in [1.29, 1.82) is 0 Å². The fraction of sp³-hybridized carbons (Fsp3) is 0.222. The molecule has 1 aromatic carbocycles. The van der Waals surface area contributed by atoms with Gasteiger partial charge < -0.3 is 10.2 Å². The van der Waals surface area contributed by atoms with Gasteiger partial charge in [0.1, 0.15) is 11.5 Å². The molecular weight excluding hydrogens is 234 g/mol. The maximum absolute atomic E-state index is 11.4. The lowest BCUT2D eigenvalue weighted by molar-refractivity contribution is 0.0980. The topological polar surface area (TPSA) is 104 Å². The molecule has 0 saturated heterocycles. The molecule has 6 nitrogen and oxygen atoms in total. The first kappa shape index (κ1) is 12.3. The number of rotatable bonds is 3. The molecule has 0 aliphatic heterocycles. The molecule has 0 atom stereocenters. The zero-order chi connectivity index (χ0) is 12.3. The lowest BCUT2D eigenvalue weighted by Crippen LogP contribution is -2.31. The normalized spacial score (nSPS) is 11.1. The van der Waals surface area contributed by atoms with Gasteiger partial charge >= 0.3 is 0 Å². The smallest absolute Gasteiger partial charge is 0.264 e. The summed E-state index contributed by atoms with van der Waals surface area (Å²) in [4.78, 5) is 11.4. The third kappa shape index (κ3) is 3.13. The minimum atomic E-state index is -3.66. The molecule has 0 fully saturated rings. The van der Waals surface area contributed by atoms with Gasteiger partial charge in [-0.15, -0.1) is 0 Å². The van der Waals surface area contributed by atoms with Gasteiger partial charge in [-0.2, -0.15) is 0 Å². The highest BCUT2D eigenvalue weighted by molar-refractivity contribution is 7.90. The fourth-order valence-corrected chi connectivity index (χ4v) is 1.54. The van der Waals surface area contributed by atoms with Gasteiger partial charge in [-0.3, -0.25) is 4.79 Å². The Morgan fingerprint density at radius 2 is 1.75 bits per heavy atom. The molecule has 0 unspecified atom stereocenters. The van der Waals surface area contributed by atoms with E-state index in [1.54, 1.807) is 4.72 Å². The maximum atomic E-state index is 11.4. The molecule has 1 rings (SSSR count). The van der Waals surface area contributed by atoms with Crippen molar-refractivity contribution < 1.29 is 23.4 Å². The Balaban J connectivity index is 2.98. The van der Waals surface area contributed by atoms with E-state index in [1.807, 2.05) is 0 Å². The predicted octanol–water partition coefficient (Wildman–Crippen LogP) is 0.177. The minimum absolute atomic E-state index is 0.130. The number of phenols is 2. The fourth-order valence-electron chi connectivity index (χ4n) is 0.999. The van der Waals surface area contributed by atoms with Crippen molar-refractivity contribution in [2.75, 3.05) is 5.75 Å². The maximum Gasteiger partial charge on any atom is 0.264 e. The lowest BCUT2D eigenvalue weighted by atomic mass is 10.2. The van der Waals surface area contributed by atoms with Crippen molar-refractivity contribution >= 4 is 15.9 Å². The van der Waals surface area contributed by atoms with Crippen LogP contribution in [0.4, 0.5) is 0 Å². The Labute approximate surface area is 92.6 Å². The van der Waals surface area contributed by atoms with Crippen LogP contribution < -0.4 is 4.72 Å². The van der Waals surface area contributed by atoms with Crippen molar-refractivity contribution in [3.8, 4) is 11.5 Å². The highest BCUT2D eigenvalue weighted by Crippen LogP contribution is 2.20. The Morgan fingerprint density at radius 1 is 1.25 bits per heavy atom. The Morgan fingerprint density at radius 3 is 2.19 bits per heavy atom. The Kier molecular flexibility index (Phi) is 3.38. The summed E-state index contributed by atoms with van der Waals surface area (Å²) >= 11 is 0. The van der Waals surface area contributed by atoms with Crippen LogP contribution in [0.3, 0.4) is 0 Å². The second-order valence-electron chi connectivity index (χ2n) is 3.07. The molecule has 16 heavy (non-hydrogen) atoms. The van der Waals surface area contributed by atoms with E-state index in [0.29, 0.717) is 0 Å². The number of benzene rings is 1. The van der Waals surface area contributed by atoms with Crippen LogP contribution in [-0.4, -0.2) is 30.3 Å². The highest BCUT2D eigenvalue weighted by atomic mass is 32.2. The number of phenolic OH excluding ortho intramolecular Hbond substituents is 2. The summed E-state index contributed by atoms with van der Waals surface area (Å²) in [5.74, 6) is -1.77. The quantitative estimate of drug-likeness (QED) is 0.704. The first-order valence-corrected chi connectivity index (χ1v) is 6.07. The van der Waals surface area contributed by atoms with Crippen LogP contribution >= 0.6 is 0 Å². The molecule has 0 spiro atoms. The van der Waals surface area contributed by atoms with Crippen molar-refractivity contribution in [2.45, 2.75) is 6.92 Å². The number of carbonyl (C=O) groups excluding carboxylic acids is 1. The van der Waals surface area contributed by atoms with Crippen molar-refractivity contribution in [3.05, 3.63) is 23.8 Å². The van der Waals surface area contributed by atoms with Crippen LogP contribution in [0.5, 0.6) is 11.5 Å². The summed E-state index contributed by atoms with van der Waals surface area (Å²) in [5.41, 5.74) is -0.130. The second-order valence-corrected chi connectivity index (χ2v) is 5.08. The van der Waals surface area contributed by atoms with E-state index in [2.05, 4.69) is 0 Å². The number of hydrogen-bond donors (Lipinski definition) is 3. The monoisotopic (exact) mass is 245 g/mol. The third-order valence-corrected chi connectivity index (χ3v) is 3.05. The van der Waals surface area contributed by atoms with Gasteiger partial charge in [0.2, 0.25) is 10.0 Å². The average Bonchev–Trinajstić information content (AvgIpc) is 2.15. The van der Waals surface area contributed by atoms with Crippen LogP contribution in [0, 0.1) is 0 Å². The van der Waals surface area contributed by atoms with E-state index in [4.69, 9.17) is 10.2 Å². The molecule has 1 aromatic rings. The molecule has 0 aromatic heterocycles. The zero-order valence-corrected chi connectivity index (χ0v) is 9.28. The SMILES string of the molecule is CCS(=O)(=O)NC(=O)c1cc(O)cc(O)c1. The summed E-state index contributed by atoms with van der Waals surface area (Å²) in [6, 6.07) is 3.14. The molecular formula is C9H11NO5S. The summed E-state index contributed by atoms with van der Waals surface area (Å²) < 4.78 is 24.0. The van der Waals surface area contributed by atoms with Gasteiger partial charge in [0.05, 0.1) is 5.75 Å². The van der Waals surface area contributed by atoms with Crippen LogP contribution in [-0.2, 0) is 10.0 Å². The summed E-state index contributed by atoms with van der Waals surface area (Å²) in [6.07, 6.45) is 0. The molecule has 3 N–H and O–H groups in total. The second kappa shape index (κ2) is 4.40. The molecule has 0 bridgehead atoms. The number of amides is 1. The minimum Gasteiger partial charge on any atom is -0.508 e. The van der Waals surface area contributed by atoms with Crippen molar-refractivity contribution in [1.82, 2.24) is 4.72 Å². The first-order valence-electron chi connectivity index (χ1n) is 4.42. The molecule has 7 heteroatoms. The summed E-state index contributed by atoms with van der Waals surface area (Å²) in [5, 5.41) is 18.2. The number of aromatic hydroxyl groups is 2. The molecule has 0 heterocycles. The van der Waals surface area contributed by atoms with E-state index in [9.17, 15) is 13.2 Å². The summed E-state index contributed by atoms with van der Waals surface area (Å²) in [6.45, 7) is 1.38. The van der Waals surface area contributed by atoms with E-state index in [1.165, 1.54) is 6.92 Å². The first-order chi connectivity index (χ1) is 7.34. The standard InChI is InChI=1S/C9H11NO5S/c1-2-16(14,15)10-9(13)6-3-7(11)5-8(12)4-6/h3-5,11-12H,2H2,1H3,(H,10,13). The number of nitrogens with one attached hydrogen (secondary N) is 1. The highest BCUT2D eigenvalue weighted by Gasteiger charge is 2.15. The predicted molar refractivity (Wildman–Crippen MR) is 56.7 cm³/mol. The molecule has 0 aliphatic rings. The Bertz CT molecular complexity index is 488. The lowest BCUT2D eigenvalue weighted by Gasteiger charge is -2.05. The van der Waals surface area contributed by atoms with E-state index in [0.717, 1.165) is 18.2 Å². The van der Waals surface area contributed by atoms with Gasteiger partial charge in [0.25, 0.3) is 5.91 Å². The summed E-state index contributed by atoms with van der Waals surface area (Å²) in [7, 11) is -3.66. The van der Waals surface area contributed by atoms with Gasteiger partial charge in [-0.05, 0) is 19.1 Å².